The predicted octanol–water partition coefficient (Wildman–Crippen LogP) is 1.27. The summed E-state index contributed by atoms with van der Waals surface area (Å²) >= 11 is 6.80. The second-order valence-corrected chi connectivity index (χ2v) is 3.90. The van der Waals surface area contributed by atoms with Crippen LogP contribution in [0.1, 0.15) is 17.5 Å². The molecule has 1 heterocycles. The van der Waals surface area contributed by atoms with Crippen LogP contribution in [-0.2, 0) is 4.79 Å². The first-order valence-corrected chi connectivity index (χ1v) is 4.37. The molecule has 0 aliphatic carbocycles. The van der Waals surface area contributed by atoms with Crippen molar-refractivity contribution >= 4 is 28.9 Å². The van der Waals surface area contributed by atoms with Gasteiger partial charge in [-0.25, -0.2) is 4.98 Å². The van der Waals surface area contributed by atoms with Gasteiger partial charge in [0, 0.05) is 0 Å². The van der Waals surface area contributed by atoms with Crippen molar-refractivity contribution in [3.8, 4) is 0 Å². The number of halogens is 1. The zero-order valence-electron chi connectivity index (χ0n) is 6.03. The van der Waals surface area contributed by atoms with E-state index in [1.165, 1.54) is 17.5 Å². The largest absolute Gasteiger partial charge is 0.481 e. The molecular formula is C6H7ClN2O2S. The molecule has 1 rings (SSSR count). The van der Waals surface area contributed by atoms with Crippen molar-refractivity contribution in [2.24, 2.45) is 5.73 Å². The van der Waals surface area contributed by atoms with Crippen molar-refractivity contribution in [3.63, 3.8) is 0 Å². The summed E-state index contributed by atoms with van der Waals surface area (Å²) in [6.07, 6.45) is 1.34. The maximum atomic E-state index is 10.3. The maximum absolute atomic E-state index is 10.3. The molecule has 0 saturated carbocycles. The van der Waals surface area contributed by atoms with Gasteiger partial charge in [-0.1, -0.05) is 11.6 Å². The van der Waals surface area contributed by atoms with E-state index in [9.17, 15) is 4.79 Å². The van der Waals surface area contributed by atoms with Gasteiger partial charge in [0.15, 0.2) is 0 Å². The summed E-state index contributed by atoms with van der Waals surface area (Å²) in [6.45, 7) is 0. The van der Waals surface area contributed by atoms with Crippen molar-refractivity contribution in [1.29, 1.82) is 0 Å². The van der Waals surface area contributed by atoms with E-state index in [2.05, 4.69) is 4.98 Å². The number of carboxylic acids is 1. The van der Waals surface area contributed by atoms with Gasteiger partial charge < -0.3 is 10.8 Å². The number of nitrogens with two attached hydrogens (primary N) is 1. The van der Waals surface area contributed by atoms with Crippen molar-refractivity contribution in [3.05, 3.63) is 15.5 Å². The summed E-state index contributed by atoms with van der Waals surface area (Å²) in [5.41, 5.74) is 5.52. The Balaban J connectivity index is 2.64. The number of nitrogens with zero attached hydrogens (tertiary/aromatic N) is 1. The van der Waals surface area contributed by atoms with Gasteiger partial charge in [0.2, 0.25) is 0 Å². The Morgan fingerprint density at radius 3 is 3.00 bits per heavy atom. The lowest BCUT2D eigenvalue weighted by molar-refractivity contribution is -0.137. The van der Waals surface area contributed by atoms with Gasteiger partial charge in [-0.15, -0.1) is 11.3 Å². The third-order valence-corrected chi connectivity index (χ3v) is 2.45. The molecule has 1 unspecified atom stereocenters. The quantitative estimate of drug-likeness (QED) is 0.781. The summed E-state index contributed by atoms with van der Waals surface area (Å²) in [4.78, 5) is 14.1. The fourth-order valence-electron chi connectivity index (χ4n) is 0.714. The zero-order valence-corrected chi connectivity index (χ0v) is 7.60. The average molecular weight is 207 g/mol. The van der Waals surface area contributed by atoms with Gasteiger partial charge in [-0.05, 0) is 0 Å². The molecule has 0 spiro atoms. The van der Waals surface area contributed by atoms with E-state index >= 15 is 0 Å². The second-order valence-electron chi connectivity index (χ2n) is 2.21. The Kier molecular flexibility index (Phi) is 3.02. The summed E-state index contributed by atoms with van der Waals surface area (Å²) in [7, 11) is 0. The molecule has 0 radical (unpaired) electrons. The molecule has 0 aromatic carbocycles. The van der Waals surface area contributed by atoms with Crippen LogP contribution < -0.4 is 5.73 Å². The molecule has 6 heteroatoms. The van der Waals surface area contributed by atoms with E-state index in [4.69, 9.17) is 22.4 Å². The molecule has 0 amide bonds. The fraction of sp³-hybridized carbons (Fsp3) is 0.333. The van der Waals surface area contributed by atoms with E-state index in [1.54, 1.807) is 0 Å². The van der Waals surface area contributed by atoms with Crippen molar-refractivity contribution < 1.29 is 9.90 Å². The van der Waals surface area contributed by atoms with Crippen LogP contribution in [0.15, 0.2) is 6.20 Å². The number of thiazole rings is 1. The van der Waals surface area contributed by atoms with Crippen LogP contribution in [0.2, 0.25) is 4.34 Å². The van der Waals surface area contributed by atoms with Crippen molar-refractivity contribution in [1.82, 2.24) is 4.98 Å². The minimum Gasteiger partial charge on any atom is -0.481 e. The van der Waals surface area contributed by atoms with E-state index in [0.29, 0.717) is 9.34 Å². The van der Waals surface area contributed by atoms with Crippen molar-refractivity contribution in [2.45, 2.75) is 12.5 Å². The summed E-state index contributed by atoms with van der Waals surface area (Å²) in [5, 5.41) is 8.97. The smallest absolute Gasteiger partial charge is 0.305 e. The van der Waals surface area contributed by atoms with Gasteiger partial charge in [-0.3, -0.25) is 4.79 Å². The normalized spacial score (nSPS) is 12.8. The molecule has 1 atom stereocenters. The number of carboxylic acid groups (broad SMARTS) is 1. The topological polar surface area (TPSA) is 76.2 Å². The lowest BCUT2D eigenvalue weighted by atomic mass is 10.2. The SMILES string of the molecule is NC(CC(=O)O)c1ncc(Cl)s1. The van der Waals surface area contributed by atoms with Gasteiger partial charge in [-0.2, -0.15) is 0 Å². The molecule has 0 fully saturated rings. The highest BCUT2D eigenvalue weighted by atomic mass is 35.5. The van der Waals surface area contributed by atoms with Crippen LogP contribution in [0.5, 0.6) is 0 Å². The molecule has 0 bridgehead atoms. The lowest BCUT2D eigenvalue weighted by Gasteiger charge is -2.02. The van der Waals surface area contributed by atoms with Crippen LogP contribution in [0, 0.1) is 0 Å². The van der Waals surface area contributed by atoms with Crippen LogP contribution in [0.4, 0.5) is 0 Å². The second kappa shape index (κ2) is 3.84. The Morgan fingerprint density at radius 1 is 1.92 bits per heavy atom. The molecule has 1 aromatic heterocycles. The highest BCUT2D eigenvalue weighted by molar-refractivity contribution is 7.15. The number of hydrogen-bond acceptors (Lipinski definition) is 4. The number of aromatic nitrogens is 1. The van der Waals surface area contributed by atoms with E-state index in [0.717, 1.165) is 0 Å². The lowest BCUT2D eigenvalue weighted by Crippen LogP contribution is -2.14. The Labute approximate surface area is 78.0 Å². The molecule has 3 N–H and O–H groups in total. The van der Waals surface area contributed by atoms with E-state index in [-0.39, 0.29) is 6.42 Å². The summed E-state index contributed by atoms with van der Waals surface area (Å²) in [6, 6.07) is -0.556. The molecule has 0 aliphatic rings. The number of rotatable bonds is 3. The van der Waals surface area contributed by atoms with Gasteiger partial charge in [0.05, 0.1) is 18.7 Å². The summed E-state index contributed by atoms with van der Waals surface area (Å²) < 4.78 is 0.519. The molecule has 66 valence electrons. The number of aliphatic carboxylic acids is 1. The standard InChI is InChI=1S/C6H7ClN2O2S/c7-4-2-9-6(12-4)3(8)1-5(10)11/h2-3H,1,8H2,(H,10,11). The Bertz CT molecular complexity index is 289. The molecule has 4 nitrogen and oxygen atoms in total. The predicted molar refractivity (Wildman–Crippen MR) is 46.3 cm³/mol. The first kappa shape index (κ1) is 9.44. The first-order chi connectivity index (χ1) is 5.59. The molecule has 0 aliphatic heterocycles. The van der Waals surface area contributed by atoms with Crippen LogP contribution in [0.25, 0.3) is 0 Å². The van der Waals surface area contributed by atoms with Crippen LogP contribution in [0.3, 0.4) is 0 Å². The Hall–Kier alpha value is -0.650. The van der Waals surface area contributed by atoms with E-state index < -0.39 is 12.0 Å². The number of carbonyl (C=O) groups is 1. The first-order valence-electron chi connectivity index (χ1n) is 3.18. The van der Waals surface area contributed by atoms with E-state index in [1.807, 2.05) is 0 Å². The third-order valence-electron chi connectivity index (χ3n) is 1.21. The summed E-state index contributed by atoms with van der Waals surface area (Å²) in [5.74, 6) is -0.936. The van der Waals surface area contributed by atoms with Crippen molar-refractivity contribution in [2.75, 3.05) is 0 Å². The monoisotopic (exact) mass is 206 g/mol. The average Bonchev–Trinajstić information content (AvgIpc) is 2.34. The van der Waals surface area contributed by atoms with Gasteiger partial charge >= 0.3 is 5.97 Å². The molecular weight excluding hydrogens is 200 g/mol. The minimum atomic E-state index is -0.936. The minimum absolute atomic E-state index is 0.121. The number of hydrogen-bond donors (Lipinski definition) is 2. The van der Waals surface area contributed by atoms with Gasteiger partial charge in [0.1, 0.15) is 9.34 Å². The molecule has 1 aromatic rings. The highest BCUT2D eigenvalue weighted by Gasteiger charge is 2.13. The fourth-order valence-corrected chi connectivity index (χ4v) is 1.65. The molecule has 12 heavy (non-hydrogen) atoms. The highest BCUT2D eigenvalue weighted by Crippen LogP contribution is 2.23. The zero-order chi connectivity index (χ0) is 9.14. The van der Waals surface area contributed by atoms with Gasteiger partial charge in [0.25, 0.3) is 0 Å². The van der Waals surface area contributed by atoms with Crippen LogP contribution in [-0.4, -0.2) is 16.1 Å². The third kappa shape index (κ3) is 2.44. The maximum Gasteiger partial charge on any atom is 0.305 e. The molecule has 0 saturated heterocycles. The van der Waals surface area contributed by atoms with Crippen LogP contribution >= 0.6 is 22.9 Å². The Morgan fingerprint density at radius 2 is 2.58 bits per heavy atom.